The van der Waals surface area contributed by atoms with E-state index in [4.69, 9.17) is 9.47 Å². The van der Waals surface area contributed by atoms with Crippen molar-refractivity contribution >= 4 is 21.6 Å². The zero-order chi connectivity index (χ0) is 20.1. The van der Waals surface area contributed by atoms with Crippen molar-refractivity contribution in [2.75, 3.05) is 32.6 Å². The molecule has 3 rings (SSSR count). The number of nitrogens with one attached hydrogen (secondary N) is 1. The van der Waals surface area contributed by atoms with Crippen LogP contribution < -0.4 is 14.8 Å². The first-order chi connectivity index (χ1) is 13.5. The first-order valence-corrected chi connectivity index (χ1v) is 10.5. The summed E-state index contributed by atoms with van der Waals surface area (Å²) >= 11 is 0. The highest BCUT2D eigenvalue weighted by Crippen LogP contribution is 2.27. The van der Waals surface area contributed by atoms with Gasteiger partial charge < -0.3 is 14.8 Å². The Hall–Kier alpha value is -2.58. The van der Waals surface area contributed by atoms with Crippen LogP contribution in [0.2, 0.25) is 0 Å². The molecular formula is C20H24N2O5S. The van der Waals surface area contributed by atoms with Gasteiger partial charge in [-0.1, -0.05) is 12.5 Å². The topological polar surface area (TPSA) is 84.9 Å². The highest BCUT2D eigenvalue weighted by atomic mass is 32.2. The number of benzene rings is 2. The van der Waals surface area contributed by atoms with Crippen LogP contribution in [0.5, 0.6) is 11.5 Å². The molecule has 1 N–H and O–H groups in total. The minimum absolute atomic E-state index is 0.0889. The summed E-state index contributed by atoms with van der Waals surface area (Å²) in [7, 11) is -0.667. The molecule has 1 heterocycles. The molecule has 0 radical (unpaired) electrons. The molecule has 28 heavy (non-hydrogen) atoms. The molecule has 0 aliphatic carbocycles. The van der Waals surface area contributed by atoms with Crippen LogP contribution in [0.1, 0.15) is 29.6 Å². The van der Waals surface area contributed by atoms with Crippen LogP contribution in [-0.4, -0.2) is 45.9 Å². The molecule has 8 heteroatoms. The third-order valence-corrected chi connectivity index (χ3v) is 6.59. The second-order valence-electron chi connectivity index (χ2n) is 6.51. The van der Waals surface area contributed by atoms with E-state index >= 15 is 0 Å². The van der Waals surface area contributed by atoms with Gasteiger partial charge in [-0.05, 0) is 43.2 Å². The molecule has 0 saturated carbocycles. The Morgan fingerprint density at radius 3 is 2.43 bits per heavy atom. The molecule has 0 atom stereocenters. The lowest BCUT2D eigenvalue weighted by molar-refractivity contribution is 0.102. The molecule has 1 amide bonds. The summed E-state index contributed by atoms with van der Waals surface area (Å²) < 4.78 is 37.8. The average Bonchev–Trinajstić information content (AvgIpc) is 2.74. The zero-order valence-corrected chi connectivity index (χ0v) is 16.8. The predicted octanol–water partition coefficient (Wildman–Crippen LogP) is 3.13. The number of hydrogen-bond acceptors (Lipinski definition) is 5. The molecule has 0 spiro atoms. The van der Waals surface area contributed by atoms with Gasteiger partial charge in [0.15, 0.2) is 0 Å². The number of anilines is 1. The number of rotatable bonds is 6. The molecule has 150 valence electrons. The summed E-state index contributed by atoms with van der Waals surface area (Å²) in [6.07, 6.45) is 2.72. The molecule has 0 aromatic heterocycles. The quantitative estimate of drug-likeness (QED) is 0.800. The van der Waals surface area contributed by atoms with E-state index < -0.39 is 15.9 Å². The summed E-state index contributed by atoms with van der Waals surface area (Å²) in [6.45, 7) is 0.999. The molecular weight excluding hydrogens is 380 g/mol. The normalized spacial score (nSPS) is 15.1. The van der Waals surface area contributed by atoms with Gasteiger partial charge in [0.1, 0.15) is 11.5 Å². The number of methoxy groups -OCH3 is 2. The van der Waals surface area contributed by atoms with Crippen molar-refractivity contribution in [3.05, 3.63) is 48.0 Å². The van der Waals surface area contributed by atoms with Gasteiger partial charge in [0.25, 0.3) is 5.91 Å². The minimum atomic E-state index is -3.65. The maximum Gasteiger partial charge on any atom is 0.259 e. The second kappa shape index (κ2) is 8.62. The highest BCUT2D eigenvalue weighted by Gasteiger charge is 2.27. The zero-order valence-electron chi connectivity index (χ0n) is 16.0. The summed E-state index contributed by atoms with van der Waals surface area (Å²) in [5.74, 6) is 0.449. The van der Waals surface area contributed by atoms with E-state index in [1.807, 2.05) is 0 Å². The molecule has 2 aromatic carbocycles. The molecule has 2 aromatic rings. The summed E-state index contributed by atoms with van der Waals surface area (Å²) in [5, 5.41) is 2.76. The van der Waals surface area contributed by atoms with E-state index in [1.54, 1.807) is 31.4 Å². The van der Waals surface area contributed by atoms with Gasteiger partial charge >= 0.3 is 0 Å². The van der Waals surface area contributed by atoms with Crippen molar-refractivity contribution in [3.8, 4) is 11.5 Å². The van der Waals surface area contributed by atoms with Gasteiger partial charge in [-0.3, -0.25) is 4.79 Å². The molecule has 0 bridgehead atoms. The molecule has 1 fully saturated rings. The van der Waals surface area contributed by atoms with Crippen molar-refractivity contribution in [2.45, 2.75) is 24.2 Å². The van der Waals surface area contributed by atoms with Gasteiger partial charge in [-0.15, -0.1) is 0 Å². The maximum absolute atomic E-state index is 12.9. The predicted molar refractivity (Wildman–Crippen MR) is 107 cm³/mol. The van der Waals surface area contributed by atoms with Crippen molar-refractivity contribution in [1.82, 2.24) is 4.31 Å². The SMILES string of the molecule is COc1cccc(NC(=O)c2cc(S(=O)(=O)N3CCCCC3)ccc2OC)c1. The lowest BCUT2D eigenvalue weighted by Gasteiger charge is -2.26. The molecule has 1 aliphatic heterocycles. The minimum Gasteiger partial charge on any atom is -0.497 e. The van der Waals surface area contributed by atoms with Gasteiger partial charge in [0, 0.05) is 24.8 Å². The molecule has 0 unspecified atom stereocenters. The Balaban J connectivity index is 1.91. The van der Waals surface area contributed by atoms with Gasteiger partial charge in [0.05, 0.1) is 24.7 Å². The lowest BCUT2D eigenvalue weighted by Crippen LogP contribution is -2.35. The maximum atomic E-state index is 12.9. The van der Waals surface area contributed by atoms with Crippen LogP contribution in [0.4, 0.5) is 5.69 Å². The number of ether oxygens (including phenoxy) is 2. The van der Waals surface area contributed by atoms with E-state index in [0.29, 0.717) is 30.3 Å². The lowest BCUT2D eigenvalue weighted by atomic mass is 10.1. The smallest absolute Gasteiger partial charge is 0.259 e. The molecule has 7 nitrogen and oxygen atoms in total. The van der Waals surface area contributed by atoms with Gasteiger partial charge in [-0.2, -0.15) is 4.31 Å². The summed E-state index contributed by atoms with van der Waals surface area (Å²) in [4.78, 5) is 12.9. The third-order valence-electron chi connectivity index (χ3n) is 4.70. The highest BCUT2D eigenvalue weighted by molar-refractivity contribution is 7.89. The molecule has 1 aliphatic rings. The first kappa shape index (κ1) is 20.2. The number of amides is 1. The van der Waals surface area contributed by atoms with E-state index in [0.717, 1.165) is 19.3 Å². The van der Waals surface area contributed by atoms with Crippen LogP contribution in [-0.2, 0) is 10.0 Å². The second-order valence-corrected chi connectivity index (χ2v) is 8.45. The number of hydrogen-bond donors (Lipinski definition) is 1. The Bertz CT molecular complexity index is 953. The van der Waals surface area contributed by atoms with Crippen molar-refractivity contribution in [3.63, 3.8) is 0 Å². The fourth-order valence-electron chi connectivity index (χ4n) is 3.18. The molecule has 1 saturated heterocycles. The van der Waals surface area contributed by atoms with Crippen LogP contribution >= 0.6 is 0 Å². The monoisotopic (exact) mass is 404 g/mol. The van der Waals surface area contributed by atoms with Crippen molar-refractivity contribution in [2.24, 2.45) is 0 Å². The number of nitrogens with zero attached hydrogens (tertiary/aromatic N) is 1. The van der Waals surface area contributed by atoms with E-state index in [2.05, 4.69) is 5.32 Å². The number of piperidine rings is 1. The standard InChI is InChI=1S/C20H24N2O5S/c1-26-16-8-6-7-15(13-16)21-20(23)18-14-17(9-10-19(18)27-2)28(24,25)22-11-4-3-5-12-22/h6-10,13-14H,3-5,11-12H2,1-2H3,(H,21,23). The van der Waals surface area contributed by atoms with Crippen LogP contribution in [0, 0.1) is 0 Å². The first-order valence-electron chi connectivity index (χ1n) is 9.09. The Morgan fingerprint density at radius 1 is 1.00 bits per heavy atom. The largest absolute Gasteiger partial charge is 0.497 e. The van der Waals surface area contributed by atoms with Gasteiger partial charge in [0.2, 0.25) is 10.0 Å². The number of carbonyl (C=O) groups excluding carboxylic acids is 1. The summed E-state index contributed by atoms with van der Waals surface area (Å²) in [5.41, 5.74) is 0.694. The van der Waals surface area contributed by atoms with Crippen molar-refractivity contribution in [1.29, 1.82) is 0 Å². The van der Waals surface area contributed by atoms with Crippen molar-refractivity contribution < 1.29 is 22.7 Å². The average molecular weight is 404 g/mol. The number of sulfonamides is 1. The van der Waals surface area contributed by atoms with Crippen LogP contribution in [0.25, 0.3) is 0 Å². The van der Waals surface area contributed by atoms with Gasteiger partial charge in [-0.25, -0.2) is 8.42 Å². The van der Waals surface area contributed by atoms with E-state index in [9.17, 15) is 13.2 Å². The van der Waals surface area contributed by atoms with Crippen LogP contribution in [0.15, 0.2) is 47.4 Å². The van der Waals surface area contributed by atoms with E-state index in [1.165, 1.54) is 29.6 Å². The number of carbonyl (C=O) groups is 1. The Labute approximate surface area is 165 Å². The van der Waals surface area contributed by atoms with Crippen LogP contribution in [0.3, 0.4) is 0 Å². The Morgan fingerprint density at radius 2 is 1.75 bits per heavy atom. The third kappa shape index (κ3) is 4.28. The fourth-order valence-corrected chi connectivity index (χ4v) is 4.72. The Kier molecular flexibility index (Phi) is 6.21. The summed E-state index contributed by atoms with van der Waals surface area (Å²) in [6, 6.07) is 11.3. The van der Waals surface area contributed by atoms with E-state index in [-0.39, 0.29) is 10.5 Å². The fraction of sp³-hybridized carbons (Fsp3) is 0.350.